The van der Waals surface area contributed by atoms with Crippen molar-refractivity contribution >= 4 is 23.4 Å². The maximum absolute atomic E-state index is 12.7. The van der Waals surface area contributed by atoms with E-state index in [0.717, 1.165) is 32.4 Å². The number of halogens is 1. The van der Waals surface area contributed by atoms with Crippen LogP contribution in [0.5, 0.6) is 0 Å². The van der Waals surface area contributed by atoms with Crippen molar-refractivity contribution in [1.29, 1.82) is 0 Å². The van der Waals surface area contributed by atoms with Crippen molar-refractivity contribution < 1.29 is 9.59 Å². The van der Waals surface area contributed by atoms with Crippen LogP contribution in [0.15, 0.2) is 54.6 Å². The predicted molar refractivity (Wildman–Crippen MR) is 120 cm³/mol. The number of carbonyl (C=O) groups excluding carboxylic acids is 2. The van der Waals surface area contributed by atoms with Gasteiger partial charge in [-0.2, -0.15) is 0 Å². The van der Waals surface area contributed by atoms with E-state index < -0.39 is 0 Å². The van der Waals surface area contributed by atoms with Crippen LogP contribution in [0, 0.1) is 5.92 Å². The molecule has 1 heterocycles. The molecule has 0 saturated carbocycles. The summed E-state index contributed by atoms with van der Waals surface area (Å²) in [5, 5.41) is 3.67. The zero-order valence-corrected chi connectivity index (χ0v) is 18.3. The van der Waals surface area contributed by atoms with Gasteiger partial charge in [0.05, 0.1) is 5.92 Å². The smallest absolute Gasteiger partial charge is 0.253 e. The second-order valence-electron chi connectivity index (χ2n) is 7.97. The highest BCUT2D eigenvalue weighted by Crippen LogP contribution is 2.20. The number of hydrogen-bond donors (Lipinski definition) is 1. The summed E-state index contributed by atoms with van der Waals surface area (Å²) in [6, 6.07) is 17.3. The Labute approximate surface area is 184 Å². The zero-order chi connectivity index (χ0) is 21.3. The standard InChI is InChI=1S/C24H30ClN3O2/c1-27(17-19-7-3-2-4-8-19)15-6-14-26-23(29)21-9-5-16-28(18-21)24(30)20-10-12-22(25)13-11-20/h2-4,7-8,10-13,21H,5-6,9,14-18H2,1H3,(H,26,29)/t21-/m1/s1. The lowest BCUT2D eigenvalue weighted by Gasteiger charge is -2.32. The number of piperidine rings is 1. The monoisotopic (exact) mass is 427 g/mol. The lowest BCUT2D eigenvalue weighted by Crippen LogP contribution is -2.45. The summed E-state index contributed by atoms with van der Waals surface area (Å²) in [5.74, 6) is -0.127. The van der Waals surface area contributed by atoms with Crippen molar-refractivity contribution in [3.63, 3.8) is 0 Å². The quantitative estimate of drug-likeness (QED) is 0.651. The molecule has 1 aliphatic rings. The molecule has 0 spiro atoms. The van der Waals surface area contributed by atoms with Crippen LogP contribution in [0.25, 0.3) is 0 Å². The van der Waals surface area contributed by atoms with Crippen LogP contribution in [0.1, 0.15) is 35.2 Å². The first-order chi connectivity index (χ1) is 14.5. The molecule has 2 aromatic rings. The van der Waals surface area contributed by atoms with E-state index >= 15 is 0 Å². The predicted octanol–water partition coefficient (Wildman–Crippen LogP) is 3.83. The third-order valence-electron chi connectivity index (χ3n) is 5.48. The van der Waals surface area contributed by atoms with E-state index in [1.165, 1.54) is 5.56 Å². The third kappa shape index (κ3) is 6.57. The molecule has 1 N–H and O–H groups in total. The SMILES string of the molecule is CN(CCCNC(=O)[C@@H]1CCCN(C(=O)c2ccc(Cl)cc2)C1)Cc1ccccc1. The number of nitrogens with one attached hydrogen (secondary N) is 1. The van der Waals surface area contributed by atoms with Gasteiger partial charge in [0.2, 0.25) is 5.91 Å². The Morgan fingerprint density at radius 3 is 2.60 bits per heavy atom. The van der Waals surface area contributed by atoms with Crippen molar-refractivity contribution in [3.05, 3.63) is 70.7 Å². The lowest BCUT2D eigenvalue weighted by molar-refractivity contribution is -0.126. The molecular formula is C24H30ClN3O2. The van der Waals surface area contributed by atoms with Gasteiger partial charge in [0.25, 0.3) is 5.91 Å². The van der Waals surface area contributed by atoms with Crippen molar-refractivity contribution in [1.82, 2.24) is 15.1 Å². The van der Waals surface area contributed by atoms with Gasteiger partial charge in [0.1, 0.15) is 0 Å². The fourth-order valence-corrected chi connectivity index (χ4v) is 3.96. The zero-order valence-electron chi connectivity index (χ0n) is 17.5. The second-order valence-corrected chi connectivity index (χ2v) is 8.40. The van der Waals surface area contributed by atoms with Gasteiger partial charge >= 0.3 is 0 Å². The molecule has 0 radical (unpaired) electrons. The van der Waals surface area contributed by atoms with Crippen LogP contribution in [0.4, 0.5) is 0 Å². The summed E-state index contributed by atoms with van der Waals surface area (Å²) < 4.78 is 0. The molecule has 3 rings (SSSR count). The lowest BCUT2D eigenvalue weighted by atomic mass is 9.96. The summed E-state index contributed by atoms with van der Waals surface area (Å²) in [5.41, 5.74) is 1.90. The average molecular weight is 428 g/mol. The summed E-state index contributed by atoms with van der Waals surface area (Å²) >= 11 is 5.91. The first kappa shape index (κ1) is 22.3. The molecule has 160 valence electrons. The minimum atomic E-state index is -0.142. The van der Waals surface area contributed by atoms with Gasteiger partial charge in [-0.25, -0.2) is 0 Å². The number of amides is 2. The normalized spacial score (nSPS) is 16.5. The van der Waals surface area contributed by atoms with Crippen molar-refractivity contribution in [3.8, 4) is 0 Å². The molecule has 1 saturated heterocycles. The molecule has 1 fully saturated rings. The van der Waals surface area contributed by atoms with E-state index in [2.05, 4.69) is 41.5 Å². The van der Waals surface area contributed by atoms with Gasteiger partial charge in [-0.1, -0.05) is 41.9 Å². The van der Waals surface area contributed by atoms with Crippen LogP contribution < -0.4 is 5.32 Å². The number of likely N-dealkylation sites (tertiary alicyclic amines) is 1. The molecule has 30 heavy (non-hydrogen) atoms. The van der Waals surface area contributed by atoms with Gasteiger partial charge in [0, 0.05) is 36.8 Å². The Kier molecular flexibility index (Phi) is 8.29. The maximum atomic E-state index is 12.7. The Balaban J connectivity index is 1.39. The van der Waals surface area contributed by atoms with Crippen molar-refractivity contribution in [2.45, 2.75) is 25.8 Å². The van der Waals surface area contributed by atoms with E-state index in [4.69, 9.17) is 11.6 Å². The molecular weight excluding hydrogens is 398 g/mol. The number of benzene rings is 2. The number of nitrogens with zero attached hydrogens (tertiary/aromatic N) is 2. The first-order valence-electron chi connectivity index (χ1n) is 10.6. The average Bonchev–Trinajstić information content (AvgIpc) is 2.77. The molecule has 5 nitrogen and oxygen atoms in total. The van der Waals surface area contributed by atoms with Crippen molar-refractivity contribution in [2.24, 2.45) is 5.92 Å². The Hall–Kier alpha value is -2.37. The summed E-state index contributed by atoms with van der Waals surface area (Å²) in [7, 11) is 2.09. The Bertz CT molecular complexity index is 826. The highest BCUT2D eigenvalue weighted by atomic mass is 35.5. The molecule has 0 unspecified atom stereocenters. The Morgan fingerprint density at radius 1 is 1.13 bits per heavy atom. The van der Waals surface area contributed by atoms with E-state index in [1.807, 2.05) is 6.07 Å². The highest BCUT2D eigenvalue weighted by molar-refractivity contribution is 6.30. The molecule has 1 atom stereocenters. The summed E-state index contributed by atoms with van der Waals surface area (Å²) in [6.45, 7) is 3.64. The molecule has 0 aromatic heterocycles. The summed E-state index contributed by atoms with van der Waals surface area (Å²) in [6.07, 6.45) is 2.57. The minimum absolute atomic E-state index is 0.0355. The molecule has 2 amide bonds. The van der Waals surface area contributed by atoms with E-state index in [0.29, 0.717) is 30.2 Å². The third-order valence-corrected chi connectivity index (χ3v) is 5.73. The summed E-state index contributed by atoms with van der Waals surface area (Å²) in [4.78, 5) is 29.4. The van der Waals surface area contributed by atoms with Gasteiger partial charge in [-0.15, -0.1) is 0 Å². The number of hydrogen-bond acceptors (Lipinski definition) is 3. The molecule has 6 heteroatoms. The second kappa shape index (κ2) is 11.1. The van der Waals surface area contributed by atoms with Gasteiger partial charge in [-0.05, 0) is 62.7 Å². The molecule has 2 aromatic carbocycles. The van der Waals surface area contributed by atoms with Crippen LogP contribution in [0.3, 0.4) is 0 Å². The first-order valence-corrected chi connectivity index (χ1v) is 11.0. The fourth-order valence-electron chi connectivity index (χ4n) is 3.83. The van der Waals surface area contributed by atoms with Gasteiger partial charge in [0.15, 0.2) is 0 Å². The molecule has 0 bridgehead atoms. The van der Waals surface area contributed by atoms with Crippen LogP contribution >= 0.6 is 11.6 Å². The molecule has 1 aliphatic heterocycles. The fraction of sp³-hybridized carbons (Fsp3) is 0.417. The van der Waals surface area contributed by atoms with Crippen LogP contribution in [-0.4, -0.2) is 54.8 Å². The number of rotatable bonds is 8. The van der Waals surface area contributed by atoms with Crippen molar-refractivity contribution in [2.75, 3.05) is 33.2 Å². The van der Waals surface area contributed by atoms with E-state index in [9.17, 15) is 9.59 Å². The van der Waals surface area contributed by atoms with E-state index in [1.54, 1.807) is 29.2 Å². The number of carbonyl (C=O) groups is 2. The largest absolute Gasteiger partial charge is 0.356 e. The maximum Gasteiger partial charge on any atom is 0.253 e. The minimum Gasteiger partial charge on any atom is -0.356 e. The molecule has 0 aliphatic carbocycles. The van der Waals surface area contributed by atoms with Crippen LogP contribution in [0.2, 0.25) is 5.02 Å². The topological polar surface area (TPSA) is 52.7 Å². The highest BCUT2D eigenvalue weighted by Gasteiger charge is 2.28. The van der Waals surface area contributed by atoms with Crippen LogP contribution in [-0.2, 0) is 11.3 Å². The van der Waals surface area contributed by atoms with Gasteiger partial charge < -0.3 is 15.1 Å². The van der Waals surface area contributed by atoms with E-state index in [-0.39, 0.29) is 17.7 Å². The Morgan fingerprint density at radius 2 is 1.87 bits per heavy atom. The van der Waals surface area contributed by atoms with Gasteiger partial charge in [-0.3, -0.25) is 9.59 Å².